The third-order valence-electron chi connectivity index (χ3n) is 5.55. The minimum atomic E-state index is -0.872. The molecule has 5 rings (SSSR count). The molecule has 0 nitrogen and oxygen atoms in total. The van der Waals surface area contributed by atoms with Crippen molar-refractivity contribution in [3.05, 3.63) is 138 Å². The van der Waals surface area contributed by atoms with Crippen LogP contribution >= 0.6 is 7.92 Å². The fourth-order valence-electron chi connectivity index (χ4n) is 4.09. The van der Waals surface area contributed by atoms with Crippen molar-refractivity contribution in [2.45, 2.75) is 6.42 Å². The fraction of sp³-hybridized carbons (Fsp3) is 0.0345. The first kappa shape index (κ1) is 19.7. The summed E-state index contributed by atoms with van der Waals surface area (Å²) >= 11 is 0. The van der Waals surface area contributed by atoms with E-state index in [2.05, 4.69) is 84.9 Å². The van der Waals surface area contributed by atoms with Gasteiger partial charge in [-0.25, -0.2) is 4.39 Å². The van der Waals surface area contributed by atoms with Gasteiger partial charge in [-0.05, 0) is 64.7 Å². The van der Waals surface area contributed by atoms with Crippen LogP contribution in [0.5, 0.6) is 0 Å². The monoisotopic (exact) mass is 420 g/mol. The van der Waals surface area contributed by atoms with Crippen molar-refractivity contribution in [1.82, 2.24) is 0 Å². The van der Waals surface area contributed by atoms with Gasteiger partial charge in [0.05, 0.1) is 0 Å². The van der Waals surface area contributed by atoms with Crippen LogP contribution < -0.4 is 15.9 Å². The highest BCUT2D eigenvalue weighted by Crippen LogP contribution is 2.39. The highest BCUT2D eigenvalue weighted by Gasteiger charge is 2.23. The van der Waals surface area contributed by atoms with E-state index in [1.807, 2.05) is 24.3 Å². The maximum absolute atomic E-state index is 14.5. The maximum Gasteiger partial charge on any atom is 0.123 e. The molecule has 4 aromatic rings. The maximum atomic E-state index is 14.5. The Balaban J connectivity index is 1.64. The lowest BCUT2D eigenvalue weighted by Gasteiger charge is -2.23. The summed E-state index contributed by atoms with van der Waals surface area (Å²) in [6.07, 6.45) is 5.39. The van der Waals surface area contributed by atoms with Gasteiger partial charge in [-0.1, -0.05) is 109 Å². The van der Waals surface area contributed by atoms with Crippen LogP contribution in [0.3, 0.4) is 0 Å². The number of hydrogen-bond acceptors (Lipinski definition) is 0. The standard InChI is InChI=1S/C29H22FP/c30-25-18-19-28(24-17-16-23(20-24)22-10-4-1-5-11-22)29(21-25)31(26-12-6-2-7-13-26)27-14-8-3-9-15-27/h1-16,18-21H,17H2. The smallest absolute Gasteiger partial charge is 0.123 e. The Hall–Kier alpha value is -3.28. The van der Waals surface area contributed by atoms with Gasteiger partial charge in [-0.2, -0.15) is 0 Å². The molecule has 4 aromatic carbocycles. The Bertz CT molecular complexity index is 1200. The Kier molecular flexibility index (Phi) is 5.61. The Morgan fingerprint density at radius 2 is 1.23 bits per heavy atom. The molecule has 31 heavy (non-hydrogen) atoms. The van der Waals surface area contributed by atoms with Crippen molar-refractivity contribution < 1.29 is 4.39 Å². The lowest BCUT2D eigenvalue weighted by atomic mass is 10.0. The lowest BCUT2D eigenvalue weighted by molar-refractivity contribution is 0.629. The van der Waals surface area contributed by atoms with Crippen molar-refractivity contribution >= 4 is 35.0 Å². The van der Waals surface area contributed by atoms with Crippen LogP contribution in [0.1, 0.15) is 17.5 Å². The first-order chi connectivity index (χ1) is 15.3. The lowest BCUT2D eigenvalue weighted by Crippen LogP contribution is -2.23. The van der Waals surface area contributed by atoms with Crippen molar-refractivity contribution in [2.24, 2.45) is 0 Å². The Morgan fingerprint density at radius 1 is 0.645 bits per heavy atom. The minimum Gasteiger partial charge on any atom is -0.207 e. The molecule has 0 unspecified atom stereocenters. The van der Waals surface area contributed by atoms with Gasteiger partial charge in [-0.3, -0.25) is 0 Å². The second-order valence-electron chi connectivity index (χ2n) is 7.57. The van der Waals surface area contributed by atoms with Gasteiger partial charge < -0.3 is 0 Å². The molecule has 0 bridgehead atoms. The molecular weight excluding hydrogens is 398 g/mol. The van der Waals surface area contributed by atoms with Crippen molar-refractivity contribution in [3.63, 3.8) is 0 Å². The van der Waals surface area contributed by atoms with Crippen LogP contribution in [0.4, 0.5) is 4.39 Å². The largest absolute Gasteiger partial charge is 0.207 e. The van der Waals surface area contributed by atoms with E-state index in [0.29, 0.717) is 0 Å². The summed E-state index contributed by atoms with van der Waals surface area (Å²) in [7, 11) is -0.872. The predicted octanol–water partition coefficient (Wildman–Crippen LogP) is 6.45. The third kappa shape index (κ3) is 4.15. The zero-order valence-electron chi connectivity index (χ0n) is 17.1. The van der Waals surface area contributed by atoms with Crippen molar-refractivity contribution in [2.75, 3.05) is 0 Å². The minimum absolute atomic E-state index is 0.187. The zero-order chi connectivity index (χ0) is 21.0. The van der Waals surface area contributed by atoms with E-state index in [9.17, 15) is 4.39 Å². The second-order valence-corrected chi connectivity index (χ2v) is 9.75. The van der Waals surface area contributed by atoms with Gasteiger partial charge in [0, 0.05) is 0 Å². The van der Waals surface area contributed by atoms with Gasteiger partial charge in [0.15, 0.2) is 0 Å². The Morgan fingerprint density at radius 3 is 1.84 bits per heavy atom. The SMILES string of the molecule is Fc1ccc(C2=CC(c3ccccc3)=CC2)c(P(c2ccccc2)c2ccccc2)c1. The van der Waals surface area contributed by atoms with Crippen LogP contribution in [-0.2, 0) is 0 Å². The Labute approximate surface area is 184 Å². The van der Waals surface area contributed by atoms with Crippen LogP contribution in [0.15, 0.2) is 121 Å². The number of allylic oxidation sites excluding steroid dienone is 4. The van der Waals surface area contributed by atoms with Crippen LogP contribution in [0.2, 0.25) is 0 Å². The van der Waals surface area contributed by atoms with Gasteiger partial charge >= 0.3 is 0 Å². The van der Waals surface area contributed by atoms with E-state index in [1.54, 1.807) is 12.1 Å². The van der Waals surface area contributed by atoms with Gasteiger partial charge in [-0.15, -0.1) is 0 Å². The molecule has 0 aromatic heterocycles. The van der Waals surface area contributed by atoms with E-state index in [4.69, 9.17) is 0 Å². The van der Waals surface area contributed by atoms with E-state index >= 15 is 0 Å². The summed E-state index contributed by atoms with van der Waals surface area (Å²) in [5, 5.41) is 3.53. The van der Waals surface area contributed by atoms with E-state index in [1.165, 1.54) is 27.3 Å². The first-order valence-electron chi connectivity index (χ1n) is 10.5. The third-order valence-corrected chi connectivity index (χ3v) is 8.04. The summed E-state index contributed by atoms with van der Waals surface area (Å²) in [5.74, 6) is -0.187. The summed E-state index contributed by atoms with van der Waals surface area (Å²) in [4.78, 5) is 0. The van der Waals surface area contributed by atoms with Gasteiger partial charge in [0.1, 0.15) is 5.82 Å². The molecule has 1 aliphatic carbocycles. The number of benzene rings is 4. The molecule has 0 aliphatic heterocycles. The first-order valence-corrected chi connectivity index (χ1v) is 11.8. The molecule has 0 heterocycles. The highest BCUT2D eigenvalue weighted by molar-refractivity contribution is 7.80. The summed E-state index contributed by atoms with van der Waals surface area (Å²) in [6.45, 7) is 0. The normalized spacial score (nSPS) is 13.2. The molecule has 0 atom stereocenters. The zero-order valence-corrected chi connectivity index (χ0v) is 18.0. The summed E-state index contributed by atoms with van der Waals surface area (Å²) in [6, 6.07) is 36.7. The average molecular weight is 420 g/mol. The molecule has 1 aliphatic rings. The molecule has 0 saturated carbocycles. The molecule has 0 spiro atoms. The number of halogens is 1. The van der Waals surface area contributed by atoms with Crippen molar-refractivity contribution in [1.29, 1.82) is 0 Å². The highest BCUT2D eigenvalue weighted by atomic mass is 31.1. The molecule has 150 valence electrons. The van der Waals surface area contributed by atoms with E-state index in [-0.39, 0.29) is 5.82 Å². The molecule has 2 heteroatoms. The molecular formula is C29H22FP. The predicted molar refractivity (Wildman–Crippen MR) is 132 cm³/mol. The topological polar surface area (TPSA) is 0 Å². The van der Waals surface area contributed by atoms with Crippen LogP contribution in [0.25, 0.3) is 11.1 Å². The van der Waals surface area contributed by atoms with Crippen LogP contribution in [0, 0.1) is 5.82 Å². The molecule has 0 radical (unpaired) electrons. The number of rotatable bonds is 5. The second kappa shape index (κ2) is 8.84. The molecule has 0 amide bonds. The van der Waals surface area contributed by atoms with Gasteiger partial charge in [0.25, 0.3) is 0 Å². The fourth-order valence-corrected chi connectivity index (χ4v) is 6.59. The molecule has 0 fully saturated rings. The summed E-state index contributed by atoms with van der Waals surface area (Å²) < 4.78 is 14.5. The van der Waals surface area contributed by atoms with Crippen LogP contribution in [-0.4, -0.2) is 0 Å². The number of hydrogen-bond donors (Lipinski definition) is 0. The van der Waals surface area contributed by atoms with Gasteiger partial charge in [0.2, 0.25) is 0 Å². The quantitative estimate of drug-likeness (QED) is 0.325. The molecule has 0 N–H and O–H groups in total. The van der Waals surface area contributed by atoms with E-state index in [0.717, 1.165) is 17.3 Å². The summed E-state index contributed by atoms with van der Waals surface area (Å²) in [5.41, 5.74) is 4.83. The van der Waals surface area contributed by atoms with E-state index < -0.39 is 7.92 Å². The molecule has 0 saturated heterocycles. The van der Waals surface area contributed by atoms with Crippen molar-refractivity contribution in [3.8, 4) is 0 Å². The average Bonchev–Trinajstić information content (AvgIpc) is 3.32.